The molecule has 102 valence electrons. The van der Waals surface area contributed by atoms with Crippen molar-refractivity contribution in [2.45, 2.75) is 20.3 Å². The predicted octanol–water partition coefficient (Wildman–Crippen LogP) is 3.05. The number of carbonyl (C=O) groups is 1. The molecule has 0 aromatic heterocycles. The van der Waals surface area contributed by atoms with Gasteiger partial charge in [0.05, 0.1) is 6.61 Å². The Hall–Kier alpha value is -2.29. The third kappa shape index (κ3) is 2.05. The minimum Gasteiger partial charge on any atom is -0.493 e. The standard InChI is InChI=1S/C17H17NO2/c1-10-7-11(2)15(18)9-14(10)17(19)13-3-4-16-12(8-13)5-6-20-16/h3-4,7-9H,5-6,18H2,1-2H3. The van der Waals surface area contributed by atoms with E-state index in [-0.39, 0.29) is 5.78 Å². The lowest BCUT2D eigenvalue weighted by Crippen LogP contribution is -2.06. The van der Waals surface area contributed by atoms with Gasteiger partial charge in [0.2, 0.25) is 0 Å². The molecule has 0 aliphatic carbocycles. The molecule has 0 atom stereocenters. The molecule has 2 aromatic rings. The fourth-order valence-corrected chi connectivity index (χ4v) is 2.60. The van der Waals surface area contributed by atoms with E-state index >= 15 is 0 Å². The quantitative estimate of drug-likeness (QED) is 0.672. The van der Waals surface area contributed by atoms with Crippen LogP contribution in [0.2, 0.25) is 0 Å². The molecule has 0 saturated carbocycles. The van der Waals surface area contributed by atoms with Gasteiger partial charge < -0.3 is 10.5 Å². The second-order valence-corrected chi connectivity index (χ2v) is 5.27. The van der Waals surface area contributed by atoms with E-state index < -0.39 is 0 Å². The zero-order valence-corrected chi connectivity index (χ0v) is 11.7. The number of hydrogen-bond donors (Lipinski definition) is 1. The van der Waals surface area contributed by atoms with Crippen molar-refractivity contribution in [3.8, 4) is 5.75 Å². The van der Waals surface area contributed by atoms with E-state index in [1.807, 2.05) is 38.1 Å². The van der Waals surface area contributed by atoms with E-state index in [2.05, 4.69) is 0 Å². The van der Waals surface area contributed by atoms with Crippen molar-refractivity contribution in [1.29, 1.82) is 0 Å². The molecule has 1 aliphatic rings. The molecule has 0 spiro atoms. The van der Waals surface area contributed by atoms with Crippen LogP contribution in [0.4, 0.5) is 5.69 Å². The Labute approximate surface area is 118 Å². The second-order valence-electron chi connectivity index (χ2n) is 5.27. The summed E-state index contributed by atoms with van der Waals surface area (Å²) in [5, 5.41) is 0. The van der Waals surface area contributed by atoms with E-state index in [9.17, 15) is 4.79 Å². The predicted molar refractivity (Wildman–Crippen MR) is 79.4 cm³/mol. The normalized spacial score (nSPS) is 12.9. The average Bonchev–Trinajstić information content (AvgIpc) is 2.89. The molecule has 1 aliphatic heterocycles. The number of aryl methyl sites for hydroxylation is 2. The molecule has 0 bridgehead atoms. The van der Waals surface area contributed by atoms with Gasteiger partial charge in [-0.05, 0) is 54.8 Å². The summed E-state index contributed by atoms with van der Waals surface area (Å²) in [6, 6.07) is 9.36. The molecule has 0 unspecified atom stereocenters. The summed E-state index contributed by atoms with van der Waals surface area (Å²) >= 11 is 0. The van der Waals surface area contributed by atoms with Gasteiger partial charge >= 0.3 is 0 Å². The Morgan fingerprint density at radius 3 is 2.75 bits per heavy atom. The first kappa shape index (κ1) is 12.7. The Morgan fingerprint density at radius 2 is 1.95 bits per heavy atom. The van der Waals surface area contributed by atoms with Gasteiger partial charge in [0.25, 0.3) is 0 Å². The zero-order chi connectivity index (χ0) is 14.3. The van der Waals surface area contributed by atoms with Crippen LogP contribution >= 0.6 is 0 Å². The van der Waals surface area contributed by atoms with Gasteiger partial charge in [-0.25, -0.2) is 0 Å². The molecule has 0 radical (unpaired) electrons. The number of ketones is 1. The number of benzene rings is 2. The first-order valence-electron chi connectivity index (χ1n) is 6.73. The van der Waals surface area contributed by atoms with E-state index in [4.69, 9.17) is 10.5 Å². The number of fused-ring (bicyclic) bond motifs is 1. The van der Waals surface area contributed by atoms with Crippen molar-refractivity contribution in [3.63, 3.8) is 0 Å². The molecule has 0 fully saturated rings. The van der Waals surface area contributed by atoms with E-state index in [1.54, 1.807) is 6.07 Å². The van der Waals surface area contributed by atoms with Gasteiger partial charge in [-0.3, -0.25) is 4.79 Å². The van der Waals surface area contributed by atoms with Gasteiger partial charge in [-0.1, -0.05) is 6.07 Å². The van der Waals surface area contributed by atoms with Crippen molar-refractivity contribution in [3.05, 3.63) is 58.1 Å². The van der Waals surface area contributed by atoms with Crippen LogP contribution in [0.3, 0.4) is 0 Å². The molecule has 3 heteroatoms. The van der Waals surface area contributed by atoms with Crippen LogP contribution in [0.5, 0.6) is 5.75 Å². The number of ether oxygens (including phenoxy) is 1. The van der Waals surface area contributed by atoms with Gasteiger partial charge in [0, 0.05) is 23.2 Å². The summed E-state index contributed by atoms with van der Waals surface area (Å²) in [5.41, 5.74) is 11.0. The first-order chi connectivity index (χ1) is 9.56. The fourth-order valence-electron chi connectivity index (χ4n) is 2.60. The zero-order valence-electron chi connectivity index (χ0n) is 11.7. The van der Waals surface area contributed by atoms with Crippen molar-refractivity contribution >= 4 is 11.5 Å². The Bertz CT molecular complexity index is 704. The van der Waals surface area contributed by atoms with Crippen molar-refractivity contribution in [2.24, 2.45) is 0 Å². The van der Waals surface area contributed by atoms with Crippen molar-refractivity contribution in [1.82, 2.24) is 0 Å². The van der Waals surface area contributed by atoms with Crippen LogP contribution in [-0.2, 0) is 6.42 Å². The molecular weight excluding hydrogens is 250 g/mol. The molecule has 1 heterocycles. The largest absolute Gasteiger partial charge is 0.493 e. The van der Waals surface area contributed by atoms with Crippen LogP contribution in [0, 0.1) is 13.8 Å². The summed E-state index contributed by atoms with van der Waals surface area (Å²) in [5.74, 6) is 0.908. The summed E-state index contributed by atoms with van der Waals surface area (Å²) in [7, 11) is 0. The highest BCUT2D eigenvalue weighted by Crippen LogP contribution is 2.28. The highest BCUT2D eigenvalue weighted by atomic mass is 16.5. The maximum atomic E-state index is 12.6. The van der Waals surface area contributed by atoms with Crippen LogP contribution in [0.15, 0.2) is 30.3 Å². The lowest BCUT2D eigenvalue weighted by molar-refractivity contribution is 0.103. The van der Waals surface area contributed by atoms with Gasteiger partial charge in [-0.2, -0.15) is 0 Å². The summed E-state index contributed by atoms with van der Waals surface area (Å²) in [4.78, 5) is 12.6. The Balaban J connectivity index is 2.03. The second kappa shape index (κ2) is 4.67. The van der Waals surface area contributed by atoms with Crippen molar-refractivity contribution < 1.29 is 9.53 Å². The number of carbonyl (C=O) groups excluding carboxylic acids is 1. The molecule has 2 aromatic carbocycles. The summed E-state index contributed by atoms with van der Waals surface area (Å²) in [6.07, 6.45) is 0.867. The lowest BCUT2D eigenvalue weighted by atomic mass is 9.95. The molecule has 2 N–H and O–H groups in total. The maximum Gasteiger partial charge on any atom is 0.193 e. The number of nitrogens with two attached hydrogens (primary N) is 1. The number of nitrogen functional groups attached to an aromatic ring is 1. The van der Waals surface area contributed by atoms with Crippen LogP contribution in [-0.4, -0.2) is 12.4 Å². The topological polar surface area (TPSA) is 52.3 Å². The number of anilines is 1. The number of hydrogen-bond acceptors (Lipinski definition) is 3. The number of rotatable bonds is 2. The van der Waals surface area contributed by atoms with E-state index in [0.717, 1.165) is 28.9 Å². The van der Waals surface area contributed by atoms with Crippen LogP contribution in [0.1, 0.15) is 32.6 Å². The molecule has 3 rings (SSSR count). The Kier molecular flexibility index (Phi) is 2.97. The smallest absolute Gasteiger partial charge is 0.193 e. The van der Waals surface area contributed by atoms with Gasteiger partial charge in [0.15, 0.2) is 5.78 Å². The maximum absolute atomic E-state index is 12.6. The minimum absolute atomic E-state index is 0.0175. The minimum atomic E-state index is 0.0175. The average molecular weight is 267 g/mol. The highest BCUT2D eigenvalue weighted by Gasteiger charge is 2.17. The lowest BCUT2D eigenvalue weighted by Gasteiger charge is -2.09. The van der Waals surface area contributed by atoms with Crippen molar-refractivity contribution in [2.75, 3.05) is 12.3 Å². The summed E-state index contributed by atoms with van der Waals surface area (Å²) in [6.45, 7) is 4.59. The van der Waals surface area contributed by atoms with Gasteiger partial charge in [0.1, 0.15) is 5.75 Å². The SMILES string of the molecule is Cc1cc(C)c(C(=O)c2ccc3c(c2)CCO3)cc1N. The third-order valence-electron chi connectivity index (χ3n) is 3.81. The third-order valence-corrected chi connectivity index (χ3v) is 3.81. The van der Waals surface area contributed by atoms with Crippen LogP contribution in [0.25, 0.3) is 0 Å². The Morgan fingerprint density at radius 1 is 1.15 bits per heavy atom. The molecular formula is C17H17NO2. The first-order valence-corrected chi connectivity index (χ1v) is 6.73. The molecule has 3 nitrogen and oxygen atoms in total. The monoisotopic (exact) mass is 267 g/mol. The van der Waals surface area contributed by atoms with Crippen LogP contribution < -0.4 is 10.5 Å². The highest BCUT2D eigenvalue weighted by molar-refractivity contribution is 6.10. The summed E-state index contributed by atoms with van der Waals surface area (Å²) < 4.78 is 5.47. The van der Waals surface area contributed by atoms with Gasteiger partial charge in [-0.15, -0.1) is 0 Å². The molecule has 0 saturated heterocycles. The van der Waals surface area contributed by atoms with E-state index in [0.29, 0.717) is 23.4 Å². The van der Waals surface area contributed by atoms with E-state index in [1.165, 1.54) is 0 Å². The fraction of sp³-hybridized carbons (Fsp3) is 0.235. The molecule has 20 heavy (non-hydrogen) atoms. The molecule has 0 amide bonds.